The van der Waals surface area contributed by atoms with Crippen molar-refractivity contribution in [2.45, 2.75) is 18.9 Å². The minimum atomic E-state index is -0.533. The van der Waals surface area contributed by atoms with Crippen LogP contribution in [0.5, 0.6) is 5.75 Å². The molecule has 1 aliphatic rings. The second-order valence-corrected chi connectivity index (χ2v) is 5.21. The fraction of sp³-hybridized carbons (Fsp3) is 0.188. The monoisotopic (exact) mass is 290 g/mol. The predicted octanol–water partition coefficient (Wildman–Crippen LogP) is 4.25. The maximum Gasteiger partial charge on any atom is 0.193 e. The van der Waals surface area contributed by atoms with Gasteiger partial charge in [-0.3, -0.25) is 4.79 Å². The summed E-state index contributed by atoms with van der Waals surface area (Å²) < 4.78 is 18.8. The van der Waals surface area contributed by atoms with Crippen molar-refractivity contribution in [3.8, 4) is 5.75 Å². The highest BCUT2D eigenvalue weighted by atomic mass is 35.5. The van der Waals surface area contributed by atoms with Crippen LogP contribution >= 0.6 is 11.6 Å². The number of rotatable bonds is 4. The van der Waals surface area contributed by atoms with Crippen LogP contribution in [0, 0.1) is 5.82 Å². The average molecular weight is 291 g/mol. The van der Waals surface area contributed by atoms with E-state index in [1.165, 1.54) is 18.2 Å². The van der Waals surface area contributed by atoms with Crippen molar-refractivity contribution in [3.63, 3.8) is 0 Å². The summed E-state index contributed by atoms with van der Waals surface area (Å²) in [4.78, 5) is 12.3. The molecule has 0 aliphatic heterocycles. The SMILES string of the molecule is O=C(c1cccc(OC2CC2)c1)c1ccc(F)c(Cl)c1. The third-order valence-corrected chi connectivity index (χ3v) is 3.39. The molecule has 0 bridgehead atoms. The number of halogens is 2. The highest BCUT2D eigenvalue weighted by molar-refractivity contribution is 6.31. The molecule has 0 saturated heterocycles. The molecular formula is C16H12ClFO2. The Hall–Kier alpha value is -1.87. The first kappa shape index (κ1) is 13.1. The third-order valence-electron chi connectivity index (χ3n) is 3.11. The van der Waals surface area contributed by atoms with Crippen molar-refractivity contribution in [1.82, 2.24) is 0 Å². The molecule has 1 aliphatic carbocycles. The average Bonchev–Trinajstić information content (AvgIpc) is 3.25. The molecular weight excluding hydrogens is 279 g/mol. The molecule has 0 unspecified atom stereocenters. The quantitative estimate of drug-likeness (QED) is 0.787. The molecule has 2 nitrogen and oxygen atoms in total. The molecule has 102 valence electrons. The lowest BCUT2D eigenvalue weighted by molar-refractivity contribution is 0.103. The van der Waals surface area contributed by atoms with E-state index in [0.29, 0.717) is 16.9 Å². The van der Waals surface area contributed by atoms with Gasteiger partial charge in [-0.1, -0.05) is 23.7 Å². The van der Waals surface area contributed by atoms with Gasteiger partial charge in [0.05, 0.1) is 11.1 Å². The van der Waals surface area contributed by atoms with Crippen molar-refractivity contribution in [2.24, 2.45) is 0 Å². The summed E-state index contributed by atoms with van der Waals surface area (Å²) >= 11 is 5.70. The Morgan fingerprint density at radius 3 is 2.60 bits per heavy atom. The second-order valence-electron chi connectivity index (χ2n) is 4.80. The molecule has 0 radical (unpaired) electrons. The van der Waals surface area contributed by atoms with Gasteiger partial charge in [0.2, 0.25) is 0 Å². The van der Waals surface area contributed by atoms with Crippen LogP contribution in [0.25, 0.3) is 0 Å². The number of hydrogen-bond acceptors (Lipinski definition) is 2. The highest BCUT2D eigenvalue weighted by Gasteiger charge is 2.23. The Kier molecular flexibility index (Phi) is 3.45. The van der Waals surface area contributed by atoms with Gasteiger partial charge in [-0.2, -0.15) is 0 Å². The molecule has 1 saturated carbocycles. The fourth-order valence-corrected chi connectivity index (χ4v) is 2.07. The van der Waals surface area contributed by atoms with Gasteiger partial charge in [0.15, 0.2) is 5.78 Å². The molecule has 2 aromatic rings. The van der Waals surface area contributed by atoms with Gasteiger partial charge in [0.25, 0.3) is 0 Å². The van der Waals surface area contributed by atoms with E-state index in [4.69, 9.17) is 16.3 Å². The van der Waals surface area contributed by atoms with E-state index in [1.54, 1.807) is 18.2 Å². The van der Waals surface area contributed by atoms with E-state index in [0.717, 1.165) is 12.8 Å². The maximum absolute atomic E-state index is 13.1. The Morgan fingerprint density at radius 2 is 1.90 bits per heavy atom. The van der Waals surface area contributed by atoms with Crippen LogP contribution in [0.4, 0.5) is 4.39 Å². The van der Waals surface area contributed by atoms with Gasteiger partial charge in [-0.05, 0) is 43.2 Å². The van der Waals surface area contributed by atoms with E-state index in [9.17, 15) is 9.18 Å². The maximum atomic E-state index is 13.1. The van der Waals surface area contributed by atoms with Gasteiger partial charge in [0.1, 0.15) is 11.6 Å². The first-order chi connectivity index (χ1) is 9.63. The number of carbonyl (C=O) groups excluding carboxylic acids is 1. The summed E-state index contributed by atoms with van der Waals surface area (Å²) in [5.74, 6) is -0.0475. The van der Waals surface area contributed by atoms with E-state index in [2.05, 4.69) is 0 Å². The molecule has 4 heteroatoms. The van der Waals surface area contributed by atoms with Crippen LogP contribution in [0.15, 0.2) is 42.5 Å². The van der Waals surface area contributed by atoms with E-state index in [-0.39, 0.29) is 16.9 Å². The van der Waals surface area contributed by atoms with Gasteiger partial charge in [-0.15, -0.1) is 0 Å². The largest absolute Gasteiger partial charge is 0.490 e. The normalized spacial score (nSPS) is 14.1. The number of ether oxygens (including phenoxy) is 1. The summed E-state index contributed by atoms with van der Waals surface area (Å²) in [6.07, 6.45) is 2.40. The molecule has 20 heavy (non-hydrogen) atoms. The number of benzene rings is 2. The molecule has 0 N–H and O–H groups in total. The van der Waals surface area contributed by atoms with Crippen molar-refractivity contribution < 1.29 is 13.9 Å². The van der Waals surface area contributed by atoms with Gasteiger partial charge >= 0.3 is 0 Å². The second kappa shape index (κ2) is 5.25. The fourth-order valence-electron chi connectivity index (χ4n) is 1.89. The predicted molar refractivity (Wildman–Crippen MR) is 74.9 cm³/mol. The van der Waals surface area contributed by atoms with Crippen LogP contribution in [-0.4, -0.2) is 11.9 Å². The molecule has 0 atom stereocenters. The number of ketones is 1. The van der Waals surface area contributed by atoms with Gasteiger partial charge < -0.3 is 4.74 Å². The lowest BCUT2D eigenvalue weighted by Crippen LogP contribution is -2.03. The molecule has 1 fully saturated rings. The van der Waals surface area contributed by atoms with E-state index >= 15 is 0 Å². The summed E-state index contributed by atoms with van der Waals surface area (Å²) in [6, 6.07) is 11.0. The number of hydrogen-bond donors (Lipinski definition) is 0. The molecule has 0 heterocycles. The van der Waals surface area contributed by atoms with Crippen LogP contribution < -0.4 is 4.74 Å². The summed E-state index contributed by atoms with van der Waals surface area (Å²) in [6.45, 7) is 0. The van der Waals surface area contributed by atoms with Crippen molar-refractivity contribution in [2.75, 3.05) is 0 Å². The van der Waals surface area contributed by atoms with E-state index in [1.807, 2.05) is 6.07 Å². The van der Waals surface area contributed by atoms with Crippen LogP contribution in [0.1, 0.15) is 28.8 Å². The Bertz CT molecular complexity index is 665. The zero-order valence-corrected chi connectivity index (χ0v) is 11.4. The van der Waals surface area contributed by atoms with E-state index < -0.39 is 5.82 Å². The lowest BCUT2D eigenvalue weighted by Gasteiger charge is -2.07. The van der Waals surface area contributed by atoms with Crippen molar-refractivity contribution >= 4 is 17.4 Å². The molecule has 3 rings (SSSR count). The lowest BCUT2D eigenvalue weighted by atomic mass is 10.0. The van der Waals surface area contributed by atoms with Crippen LogP contribution in [-0.2, 0) is 0 Å². The third kappa shape index (κ3) is 2.83. The Morgan fingerprint density at radius 1 is 1.15 bits per heavy atom. The standard InChI is InChI=1S/C16H12ClFO2/c17-14-9-11(4-7-15(14)18)16(19)10-2-1-3-13(8-10)20-12-5-6-12/h1-4,7-9,12H,5-6H2. The Balaban J connectivity index is 1.86. The van der Waals surface area contributed by atoms with Gasteiger partial charge in [-0.25, -0.2) is 4.39 Å². The minimum absolute atomic E-state index is 0.0544. The smallest absolute Gasteiger partial charge is 0.193 e. The molecule has 2 aromatic carbocycles. The zero-order chi connectivity index (χ0) is 14.1. The molecule has 0 spiro atoms. The first-order valence-corrected chi connectivity index (χ1v) is 6.78. The van der Waals surface area contributed by atoms with Crippen LogP contribution in [0.3, 0.4) is 0 Å². The molecule has 0 amide bonds. The highest BCUT2D eigenvalue weighted by Crippen LogP contribution is 2.27. The van der Waals surface area contributed by atoms with Gasteiger partial charge in [0, 0.05) is 11.1 Å². The minimum Gasteiger partial charge on any atom is -0.490 e. The Labute approximate surface area is 121 Å². The zero-order valence-electron chi connectivity index (χ0n) is 10.6. The summed E-state index contributed by atoms with van der Waals surface area (Å²) in [5, 5.41) is -0.0544. The number of carbonyl (C=O) groups is 1. The van der Waals surface area contributed by atoms with Crippen molar-refractivity contribution in [3.05, 3.63) is 64.4 Å². The van der Waals surface area contributed by atoms with Crippen LogP contribution in [0.2, 0.25) is 5.02 Å². The topological polar surface area (TPSA) is 26.3 Å². The molecule has 0 aromatic heterocycles. The van der Waals surface area contributed by atoms with Crippen molar-refractivity contribution in [1.29, 1.82) is 0 Å². The summed E-state index contributed by atoms with van der Waals surface area (Å²) in [5.41, 5.74) is 0.866. The first-order valence-electron chi connectivity index (χ1n) is 6.40. The summed E-state index contributed by atoms with van der Waals surface area (Å²) in [7, 11) is 0.